The Morgan fingerprint density at radius 2 is 2.05 bits per heavy atom. The molecule has 1 aromatic heterocycles. The summed E-state index contributed by atoms with van der Waals surface area (Å²) in [5, 5.41) is 0.0345. The molecule has 3 N–H and O–H groups in total. The zero-order valence-corrected chi connectivity index (χ0v) is 11.8. The van der Waals surface area contributed by atoms with Gasteiger partial charge < -0.3 is 10.2 Å². The second-order valence-electron chi connectivity index (χ2n) is 4.43. The first-order valence-corrected chi connectivity index (χ1v) is 6.36. The van der Waals surface area contributed by atoms with E-state index >= 15 is 0 Å². The van der Waals surface area contributed by atoms with E-state index in [1.807, 2.05) is 13.8 Å². The highest BCUT2D eigenvalue weighted by Gasteiger charge is 2.10. The van der Waals surface area contributed by atoms with Crippen molar-refractivity contribution in [3.05, 3.63) is 40.9 Å². The van der Waals surface area contributed by atoms with Gasteiger partial charge in [-0.1, -0.05) is 25.4 Å². The Labute approximate surface area is 120 Å². The van der Waals surface area contributed by atoms with Gasteiger partial charge in [-0.2, -0.15) is 4.98 Å². The van der Waals surface area contributed by atoms with Gasteiger partial charge in [-0.25, -0.2) is 15.2 Å². The first-order chi connectivity index (χ1) is 9.49. The second-order valence-corrected chi connectivity index (χ2v) is 4.83. The second kappa shape index (κ2) is 6.02. The van der Waals surface area contributed by atoms with Crippen molar-refractivity contribution < 1.29 is 9.13 Å². The Morgan fingerprint density at radius 3 is 2.65 bits per heavy atom. The number of nitrogens with zero attached hydrogens (tertiary/aromatic N) is 2. The molecule has 0 bridgehead atoms. The molecule has 2 aromatic rings. The summed E-state index contributed by atoms with van der Waals surface area (Å²) >= 11 is 5.62. The Bertz CT molecular complexity index is 621. The standard InChI is InChI=1S/C13H14ClFN4O/c1-7(2)13-17-11(19-16)6-12(18-13)20-8-3-4-9(14)10(15)5-8/h3-7H,16H2,1-2H3,(H,17,18,19). The Morgan fingerprint density at radius 1 is 1.30 bits per heavy atom. The smallest absolute Gasteiger partial charge is 0.224 e. The minimum atomic E-state index is -0.556. The van der Waals surface area contributed by atoms with Crippen molar-refractivity contribution in [1.82, 2.24) is 9.97 Å². The lowest BCUT2D eigenvalue weighted by atomic mass is 10.2. The SMILES string of the molecule is CC(C)c1nc(NN)cc(Oc2ccc(Cl)c(F)c2)n1. The van der Waals surface area contributed by atoms with Gasteiger partial charge in [-0.3, -0.25) is 0 Å². The lowest BCUT2D eigenvalue weighted by molar-refractivity contribution is 0.453. The molecule has 5 nitrogen and oxygen atoms in total. The third kappa shape index (κ3) is 3.34. The van der Waals surface area contributed by atoms with Crippen LogP contribution in [0.15, 0.2) is 24.3 Å². The summed E-state index contributed by atoms with van der Waals surface area (Å²) in [7, 11) is 0. The highest BCUT2D eigenvalue weighted by Crippen LogP contribution is 2.26. The number of hydrogen-bond donors (Lipinski definition) is 2. The molecule has 0 aliphatic rings. The molecule has 1 aromatic carbocycles. The predicted octanol–water partition coefficient (Wildman–Crippen LogP) is 3.47. The van der Waals surface area contributed by atoms with Gasteiger partial charge in [0.2, 0.25) is 5.88 Å². The first kappa shape index (κ1) is 14.5. The van der Waals surface area contributed by atoms with E-state index in [1.165, 1.54) is 18.2 Å². The highest BCUT2D eigenvalue weighted by atomic mass is 35.5. The molecular weight excluding hydrogens is 283 g/mol. The molecule has 20 heavy (non-hydrogen) atoms. The lowest BCUT2D eigenvalue weighted by Crippen LogP contribution is -2.11. The third-order valence-corrected chi connectivity index (χ3v) is 2.80. The molecule has 0 saturated heterocycles. The molecule has 0 atom stereocenters. The van der Waals surface area contributed by atoms with E-state index in [2.05, 4.69) is 15.4 Å². The number of halogens is 2. The van der Waals surface area contributed by atoms with Gasteiger partial charge in [0, 0.05) is 18.1 Å². The number of hydrazine groups is 1. The minimum absolute atomic E-state index is 0.0345. The molecule has 0 radical (unpaired) electrons. The molecule has 0 aliphatic heterocycles. The van der Waals surface area contributed by atoms with Crippen LogP contribution in [0.4, 0.5) is 10.2 Å². The summed E-state index contributed by atoms with van der Waals surface area (Å²) in [6.45, 7) is 3.89. The fourth-order valence-electron chi connectivity index (χ4n) is 1.49. The normalized spacial score (nSPS) is 10.7. The molecule has 7 heteroatoms. The van der Waals surface area contributed by atoms with E-state index < -0.39 is 5.82 Å². The number of hydrogen-bond acceptors (Lipinski definition) is 5. The van der Waals surface area contributed by atoms with Crippen LogP contribution in [0.3, 0.4) is 0 Å². The molecule has 106 valence electrons. The van der Waals surface area contributed by atoms with Crippen molar-refractivity contribution in [3.8, 4) is 11.6 Å². The molecule has 0 unspecified atom stereocenters. The molecule has 1 heterocycles. The quantitative estimate of drug-likeness (QED) is 0.667. The van der Waals surface area contributed by atoms with E-state index in [4.69, 9.17) is 22.2 Å². The average molecular weight is 297 g/mol. The van der Waals surface area contributed by atoms with Crippen LogP contribution in [0.25, 0.3) is 0 Å². The van der Waals surface area contributed by atoms with Crippen LogP contribution in [0.5, 0.6) is 11.6 Å². The Balaban J connectivity index is 2.32. The zero-order valence-electron chi connectivity index (χ0n) is 11.0. The van der Waals surface area contributed by atoms with Gasteiger partial charge >= 0.3 is 0 Å². The maximum atomic E-state index is 13.4. The molecule has 0 fully saturated rings. The van der Waals surface area contributed by atoms with Crippen LogP contribution in [0, 0.1) is 5.82 Å². The van der Waals surface area contributed by atoms with Crippen LogP contribution >= 0.6 is 11.6 Å². The summed E-state index contributed by atoms with van der Waals surface area (Å²) in [5.74, 6) is 6.47. The van der Waals surface area contributed by atoms with Gasteiger partial charge in [0.05, 0.1) is 5.02 Å². The van der Waals surface area contributed by atoms with Crippen molar-refractivity contribution in [2.75, 3.05) is 5.43 Å². The van der Waals surface area contributed by atoms with Crippen molar-refractivity contribution in [1.29, 1.82) is 0 Å². The summed E-state index contributed by atoms with van der Waals surface area (Å²) in [4.78, 5) is 8.45. The van der Waals surface area contributed by atoms with Crippen molar-refractivity contribution in [2.24, 2.45) is 5.84 Å². The topological polar surface area (TPSA) is 73.1 Å². The van der Waals surface area contributed by atoms with Crippen molar-refractivity contribution in [2.45, 2.75) is 19.8 Å². The summed E-state index contributed by atoms with van der Waals surface area (Å²) < 4.78 is 18.9. The van der Waals surface area contributed by atoms with E-state index in [1.54, 1.807) is 6.07 Å². The van der Waals surface area contributed by atoms with Crippen molar-refractivity contribution in [3.63, 3.8) is 0 Å². The van der Waals surface area contributed by atoms with Gasteiger partial charge in [0.15, 0.2) is 0 Å². The van der Waals surface area contributed by atoms with Gasteiger partial charge in [-0.05, 0) is 12.1 Å². The maximum Gasteiger partial charge on any atom is 0.224 e. The Kier molecular flexibility index (Phi) is 4.36. The largest absolute Gasteiger partial charge is 0.439 e. The van der Waals surface area contributed by atoms with Crippen LogP contribution in [0.1, 0.15) is 25.6 Å². The third-order valence-electron chi connectivity index (χ3n) is 2.50. The number of nitrogens with two attached hydrogens (primary N) is 1. The van der Waals surface area contributed by atoms with E-state index in [0.29, 0.717) is 17.4 Å². The van der Waals surface area contributed by atoms with Crippen LogP contribution < -0.4 is 16.0 Å². The molecular formula is C13H14ClFN4O. The predicted molar refractivity (Wildman–Crippen MR) is 75.4 cm³/mol. The number of aromatic nitrogens is 2. The molecule has 0 spiro atoms. The van der Waals surface area contributed by atoms with Gasteiger partial charge in [-0.15, -0.1) is 0 Å². The van der Waals surface area contributed by atoms with Crippen LogP contribution in [0.2, 0.25) is 5.02 Å². The summed E-state index contributed by atoms with van der Waals surface area (Å²) in [6, 6.07) is 5.68. The van der Waals surface area contributed by atoms with Crippen LogP contribution in [-0.2, 0) is 0 Å². The minimum Gasteiger partial charge on any atom is -0.439 e. The number of anilines is 1. The van der Waals surface area contributed by atoms with Crippen LogP contribution in [-0.4, -0.2) is 9.97 Å². The van der Waals surface area contributed by atoms with Gasteiger partial charge in [0.25, 0.3) is 0 Å². The van der Waals surface area contributed by atoms with E-state index in [9.17, 15) is 4.39 Å². The number of nitrogens with one attached hydrogen (secondary N) is 1. The maximum absolute atomic E-state index is 13.4. The molecule has 0 aliphatic carbocycles. The monoisotopic (exact) mass is 296 g/mol. The zero-order chi connectivity index (χ0) is 14.7. The van der Waals surface area contributed by atoms with Crippen molar-refractivity contribution >= 4 is 17.4 Å². The average Bonchev–Trinajstić information content (AvgIpc) is 2.42. The van der Waals surface area contributed by atoms with Gasteiger partial charge in [0.1, 0.15) is 23.2 Å². The molecule has 0 saturated carbocycles. The lowest BCUT2D eigenvalue weighted by Gasteiger charge is -2.10. The number of rotatable bonds is 4. The fourth-order valence-corrected chi connectivity index (χ4v) is 1.61. The van der Waals surface area contributed by atoms with E-state index in [0.717, 1.165) is 0 Å². The number of ether oxygens (including phenoxy) is 1. The number of benzene rings is 1. The number of nitrogen functional groups attached to an aromatic ring is 1. The Hall–Kier alpha value is -1.92. The van der Waals surface area contributed by atoms with E-state index in [-0.39, 0.29) is 16.8 Å². The first-order valence-electron chi connectivity index (χ1n) is 5.98. The highest BCUT2D eigenvalue weighted by molar-refractivity contribution is 6.30. The molecule has 0 amide bonds. The summed E-state index contributed by atoms with van der Waals surface area (Å²) in [5.41, 5.74) is 2.44. The molecule has 2 rings (SSSR count). The summed E-state index contributed by atoms with van der Waals surface area (Å²) in [6.07, 6.45) is 0. The fraction of sp³-hybridized carbons (Fsp3) is 0.231.